The van der Waals surface area contributed by atoms with Crippen molar-refractivity contribution in [3.05, 3.63) is 60.8 Å². The molecule has 1 aliphatic heterocycles. The molecule has 4 aromatic rings. The van der Waals surface area contributed by atoms with Gasteiger partial charge in [-0.3, -0.25) is 4.68 Å². The van der Waals surface area contributed by atoms with Crippen LogP contribution in [-0.2, 0) is 14.8 Å². The third-order valence-electron chi connectivity index (χ3n) is 6.27. The Hall–Kier alpha value is -4.29. The van der Waals surface area contributed by atoms with E-state index in [9.17, 15) is 26.9 Å². The van der Waals surface area contributed by atoms with Crippen LogP contribution in [0.25, 0.3) is 22.3 Å². The molecule has 40 heavy (non-hydrogen) atoms. The van der Waals surface area contributed by atoms with Crippen LogP contribution in [0.2, 0.25) is 0 Å². The average Bonchev–Trinajstić information content (AvgIpc) is 3.62. The van der Waals surface area contributed by atoms with Gasteiger partial charge in [-0.2, -0.15) is 27.8 Å². The highest BCUT2D eigenvalue weighted by molar-refractivity contribution is 7.89. The van der Waals surface area contributed by atoms with E-state index in [-0.39, 0.29) is 11.3 Å². The number of hydrogen-bond acceptors (Lipinski definition) is 7. The summed E-state index contributed by atoms with van der Waals surface area (Å²) in [6, 6.07) is 10.5. The van der Waals surface area contributed by atoms with Gasteiger partial charge in [-0.15, -0.1) is 0 Å². The molecule has 15 heteroatoms. The van der Waals surface area contributed by atoms with Crippen molar-refractivity contribution in [1.29, 1.82) is 5.26 Å². The molecule has 5 rings (SSSR count). The van der Waals surface area contributed by atoms with Crippen LogP contribution >= 0.6 is 0 Å². The third-order valence-corrected chi connectivity index (χ3v) is 8.17. The largest absolute Gasteiger partial charge is 0.490 e. The van der Waals surface area contributed by atoms with Crippen LogP contribution in [0, 0.1) is 11.3 Å². The van der Waals surface area contributed by atoms with E-state index >= 15 is 0 Å². The molecular weight excluding hydrogens is 551 g/mol. The Bertz CT molecular complexity index is 1640. The summed E-state index contributed by atoms with van der Waals surface area (Å²) in [6.45, 7) is 1.09. The van der Waals surface area contributed by atoms with Crippen molar-refractivity contribution in [2.75, 3.05) is 13.1 Å². The number of nitriles is 1. The lowest BCUT2D eigenvalue weighted by Crippen LogP contribution is -2.35. The Morgan fingerprint density at radius 2 is 1.90 bits per heavy atom. The lowest BCUT2D eigenvalue weighted by atomic mass is 10.0. The average molecular weight is 576 g/mol. The molecule has 3 aromatic heterocycles. The number of aliphatic carboxylic acids is 1. The number of piperidine rings is 1. The summed E-state index contributed by atoms with van der Waals surface area (Å²) in [6.07, 6.45) is 4.72. The van der Waals surface area contributed by atoms with Gasteiger partial charge in [0, 0.05) is 36.4 Å². The van der Waals surface area contributed by atoms with Gasteiger partial charge in [0.05, 0.1) is 35.3 Å². The minimum atomic E-state index is -5.08. The Morgan fingerprint density at radius 1 is 1.18 bits per heavy atom. The molecule has 0 spiro atoms. The van der Waals surface area contributed by atoms with Gasteiger partial charge < -0.3 is 10.1 Å². The van der Waals surface area contributed by atoms with E-state index in [1.165, 1.54) is 6.33 Å². The molecule has 1 fully saturated rings. The van der Waals surface area contributed by atoms with Crippen molar-refractivity contribution in [1.82, 2.24) is 29.0 Å². The number of halogens is 3. The molecule has 4 heterocycles. The van der Waals surface area contributed by atoms with Gasteiger partial charge in [0.2, 0.25) is 10.0 Å². The zero-order chi connectivity index (χ0) is 28.9. The fraction of sp³-hybridized carbons (Fsp3) is 0.320. The first-order chi connectivity index (χ1) is 19.0. The Labute approximate surface area is 226 Å². The molecule has 0 aliphatic carbocycles. The summed E-state index contributed by atoms with van der Waals surface area (Å²) in [4.78, 5) is 20.8. The van der Waals surface area contributed by atoms with E-state index in [2.05, 4.69) is 26.1 Å². The zero-order valence-electron chi connectivity index (χ0n) is 20.9. The van der Waals surface area contributed by atoms with Crippen LogP contribution in [-0.4, -0.2) is 67.8 Å². The van der Waals surface area contributed by atoms with Crippen LogP contribution in [0.15, 0.2) is 60.1 Å². The number of nitrogens with zero attached hydrogens (tertiary/aromatic N) is 6. The van der Waals surface area contributed by atoms with E-state index in [1.807, 2.05) is 18.3 Å². The third kappa shape index (κ3) is 6.29. The molecule has 210 valence electrons. The Kier molecular flexibility index (Phi) is 8.50. The molecule has 0 amide bonds. The van der Waals surface area contributed by atoms with Crippen molar-refractivity contribution in [2.24, 2.45) is 0 Å². The van der Waals surface area contributed by atoms with E-state index in [4.69, 9.17) is 9.90 Å². The number of alkyl halides is 3. The monoisotopic (exact) mass is 575 g/mol. The SMILES string of the molecule is N#CCC(c1cccc(S(=O)(=O)N2CCCCC2)c1)n1cc(-c2ncnc3[nH]ccc23)cn1.O=C(O)C(F)(F)F. The minimum absolute atomic E-state index is 0.150. The second-order valence-electron chi connectivity index (χ2n) is 8.89. The van der Waals surface area contributed by atoms with E-state index < -0.39 is 28.2 Å². The van der Waals surface area contributed by atoms with Crippen LogP contribution in [0.4, 0.5) is 13.2 Å². The second kappa shape index (κ2) is 11.8. The maximum absolute atomic E-state index is 13.2. The van der Waals surface area contributed by atoms with Crippen LogP contribution in [0.1, 0.15) is 37.3 Å². The molecule has 0 radical (unpaired) electrons. The number of benzene rings is 1. The highest BCUT2D eigenvalue weighted by Gasteiger charge is 2.38. The first kappa shape index (κ1) is 28.7. The van der Waals surface area contributed by atoms with Crippen LogP contribution in [0.3, 0.4) is 0 Å². The van der Waals surface area contributed by atoms with Gasteiger partial charge in [0.25, 0.3) is 0 Å². The topological polar surface area (TPSA) is 158 Å². The fourth-order valence-electron chi connectivity index (χ4n) is 4.32. The number of carboxylic acid groups (broad SMARTS) is 1. The van der Waals surface area contributed by atoms with Crippen molar-refractivity contribution in [3.8, 4) is 17.3 Å². The zero-order valence-corrected chi connectivity index (χ0v) is 21.7. The summed E-state index contributed by atoms with van der Waals surface area (Å²) in [5.74, 6) is -2.76. The molecule has 1 atom stereocenters. The number of rotatable bonds is 6. The van der Waals surface area contributed by atoms with Gasteiger partial charge in [0.1, 0.15) is 12.0 Å². The second-order valence-corrected chi connectivity index (χ2v) is 10.8. The molecular formula is C25H24F3N7O4S. The molecule has 0 bridgehead atoms. The predicted molar refractivity (Wildman–Crippen MR) is 136 cm³/mol. The molecule has 0 saturated carbocycles. The Morgan fingerprint density at radius 3 is 2.58 bits per heavy atom. The highest BCUT2D eigenvalue weighted by atomic mass is 32.2. The van der Waals surface area contributed by atoms with Crippen LogP contribution in [0.5, 0.6) is 0 Å². The highest BCUT2D eigenvalue weighted by Crippen LogP contribution is 2.29. The maximum atomic E-state index is 13.2. The minimum Gasteiger partial charge on any atom is -0.475 e. The van der Waals surface area contributed by atoms with E-state index in [0.717, 1.165) is 47.1 Å². The predicted octanol–water partition coefficient (Wildman–Crippen LogP) is 4.13. The normalized spacial score (nSPS) is 15.2. The smallest absolute Gasteiger partial charge is 0.475 e. The van der Waals surface area contributed by atoms with Crippen molar-refractivity contribution in [2.45, 2.75) is 42.8 Å². The standard InChI is InChI=1S/C23H23N7O2S.C2HF3O2/c24-9-7-21(17-5-4-6-19(13-17)33(31,32)29-11-2-1-3-12-29)30-15-18(14-28-30)22-20-8-10-25-23(20)27-16-26-22;3-2(4,5)1(6)7/h4-6,8,10,13-16,21H,1-3,7,11-12H2,(H,25,26,27);(H,6,7). The maximum Gasteiger partial charge on any atom is 0.490 e. The summed E-state index contributed by atoms with van der Waals surface area (Å²) in [5, 5.41) is 22.0. The number of H-pyrrole nitrogens is 1. The number of hydrogen-bond donors (Lipinski definition) is 2. The van der Waals surface area contributed by atoms with Gasteiger partial charge in [0.15, 0.2) is 0 Å². The van der Waals surface area contributed by atoms with E-state index in [1.54, 1.807) is 39.6 Å². The first-order valence-corrected chi connectivity index (χ1v) is 13.6. The van der Waals surface area contributed by atoms with E-state index in [0.29, 0.717) is 13.1 Å². The van der Waals surface area contributed by atoms with Crippen molar-refractivity contribution in [3.63, 3.8) is 0 Å². The summed E-state index contributed by atoms with van der Waals surface area (Å²) in [5.41, 5.74) is 2.99. The number of aromatic nitrogens is 5. The lowest BCUT2D eigenvalue weighted by molar-refractivity contribution is -0.192. The number of sulfonamides is 1. The number of fused-ring (bicyclic) bond motifs is 1. The lowest BCUT2D eigenvalue weighted by Gasteiger charge is -2.26. The van der Waals surface area contributed by atoms with Gasteiger partial charge in [-0.05, 0) is 36.6 Å². The van der Waals surface area contributed by atoms with Crippen molar-refractivity contribution < 1.29 is 31.5 Å². The van der Waals surface area contributed by atoms with Gasteiger partial charge in [-0.1, -0.05) is 18.6 Å². The molecule has 1 aliphatic rings. The first-order valence-electron chi connectivity index (χ1n) is 12.1. The number of nitrogens with one attached hydrogen (secondary N) is 1. The molecule has 1 unspecified atom stereocenters. The van der Waals surface area contributed by atoms with Gasteiger partial charge in [-0.25, -0.2) is 23.2 Å². The summed E-state index contributed by atoms with van der Waals surface area (Å²) >= 11 is 0. The molecule has 1 aromatic carbocycles. The summed E-state index contributed by atoms with van der Waals surface area (Å²) < 4.78 is 61.3. The molecule has 2 N–H and O–H groups in total. The Balaban J connectivity index is 0.000000470. The van der Waals surface area contributed by atoms with Gasteiger partial charge >= 0.3 is 12.1 Å². The number of carboxylic acids is 1. The quantitative estimate of drug-likeness (QED) is 0.347. The van der Waals surface area contributed by atoms with Crippen molar-refractivity contribution >= 4 is 27.0 Å². The number of carbonyl (C=O) groups is 1. The molecule has 1 saturated heterocycles. The summed E-state index contributed by atoms with van der Waals surface area (Å²) in [7, 11) is -3.57. The molecule has 11 nitrogen and oxygen atoms in total. The number of aromatic amines is 1. The van der Waals surface area contributed by atoms with Crippen LogP contribution < -0.4 is 0 Å². The fourth-order valence-corrected chi connectivity index (χ4v) is 5.89.